The number of benzene rings is 1. The van der Waals surface area contributed by atoms with E-state index in [1.807, 2.05) is 19.9 Å². The van der Waals surface area contributed by atoms with E-state index in [1.165, 1.54) is 50.9 Å². The van der Waals surface area contributed by atoms with Gasteiger partial charge in [-0.05, 0) is 88.4 Å². The molecule has 2 heterocycles. The number of rotatable bonds is 10. The van der Waals surface area contributed by atoms with E-state index in [4.69, 9.17) is 5.11 Å². The van der Waals surface area contributed by atoms with Gasteiger partial charge in [0.1, 0.15) is 0 Å². The molecule has 7 heteroatoms. The Hall–Kier alpha value is -2.80. The fourth-order valence-corrected chi connectivity index (χ4v) is 5.01. The van der Waals surface area contributed by atoms with E-state index in [-0.39, 0.29) is 0 Å². The molecule has 2 N–H and O–H groups in total. The van der Waals surface area contributed by atoms with Crippen LogP contribution in [-0.2, 0) is 9.59 Å². The molecule has 0 atom stereocenters. The number of anilines is 2. The molecule has 7 nitrogen and oxygen atoms in total. The zero-order chi connectivity index (χ0) is 27.2. The van der Waals surface area contributed by atoms with Crippen LogP contribution in [0.1, 0.15) is 66.2 Å². The highest BCUT2D eigenvalue weighted by Crippen LogP contribution is 2.26. The largest absolute Gasteiger partial charge is 0.478 e. The number of nitrogens with zero attached hydrogens (tertiary/aromatic N) is 3. The molecule has 0 aliphatic carbocycles. The zero-order valence-electron chi connectivity index (χ0n) is 23.6. The molecule has 206 valence electrons. The van der Waals surface area contributed by atoms with Gasteiger partial charge >= 0.3 is 5.97 Å². The number of carboxylic acid groups (broad SMARTS) is 1. The van der Waals surface area contributed by atoms with Crippen LogP contribution in [0.25, 0.3) is 0 Å². The molecule has 0 bridgehead atoms. The standard InChI is InChI=1S/C19H29N3O.C11H19NO2/c1-2-20(16-23)17-6-8-18(9-7-17)22-14-10-19(11-15-22)21-12-4-3-5-13-21;1-5-9(11(13)14)7-10(12-4)6-8(2)3/h6-9,16,19H,2-5,10-15H2,1H3;6-8,12H,5H2,1-4H3,(H,13,14)/b;9-7+,10-6+. The summed E-state index contributed by atoms with van der Waals surface area (Å²) < 4.78 is 0. The summed E-state index contributed by atoms with van der Waals surface area (Å²) in [6.07, 6.45) is 11.8. The van der Waals surface area contributed by atoms with Gasteiger partial charge in [-0.2, -0.15) is 0 Å². The minimum absolute atomic E-state index is 0.403. The number of aliphatic carboxylic acids is 1. The lowest BCUT2D eigenvalue weighted by molar-refractivity contribution is -0.132. The number of likely N-dealkylation sites (N-methyl/N-ethyl adjacent to an activating group) is 1. The van der Waals surface area contributed by atoms with Gasteiger partial charge in [-0.15, -0.1) is 0 Å². The molecule has 2 aliphatic rings. The third-order valence-corrected chi connectivity index (χ3v) is 7.17. The number of likely N-dealkylation sites (tertiary alicyclic amines) is 1. The second-order valence-corrected chi connectivity index (χ2v) is 10.2. The Balaban J connectivity index is 0.000000298. The van der Waals surface area contributed by atoms with Crippen molar-refractivity contribution in [3.05, 3.63) is 47.7 Å². The number of nitrogens with one attached hydrogen (secondary N) is 1. The van der Waals surface area contributed by atoms with E-state index in [0.717, 1.165) is 36.9 Å². The second-order valence-electron chi connectivity index (χ2n) is 10.2. The number of hydrogen-bond acceptors (Lipinski definition) is 5. The van der Waals surface area contributed by atoms with Crippen molar-refractivity contribution in [2.45, 2.75) is 72.3 Å². The quantitative estimate of drug-likeness (QED) is 0.252. The van der Waals surface area contributed by atoms with E-state index in [1.54, 1.807) is 18.0 Å². The Bertz CT molecular complexity index is 881. The number of carbonyl (C=O) groups is 2. The SMILES string of the molecule is CC/C(=C\C(=C/C(C)C)NC)C(=O)O.CCN(C=O)c1ccc(N2CCC(N3CCCCC3)CC2)cc1. The van der Waals surface area contributed by atoms with Gasteiger partial charge in [0, 0.05) is 55.4 Å². The predicted molar refractivity (Wildman–Crippen MR) is 154 cm³/mol. The van der Waals surface area contributed by atoms with Crippen LogP contribution in [0.4, 0.5) is 11.4 Å². The third kappa shape index (κ3) is 9.88. The van der Waals surface area contributed by atoms with Gasteiger partial charge < -0.3 is 25.1 Å². The first-order valence-electron chi connectivity index (χ1n) is 14.0. The first kappa shape index (κ1) is 30.4. The number of allylic oxidation sites excluding steroid dienone is 2. The van der Waals surface area contributed by atoms with Gasteiger partial charge in [0.05, 0.1) is 0 Å². The summed E-state index contributed by atoms with van der Waals surface area (Å²) in [6, 6.07) is 9.22. The maximum Gasteiger partial charge on any atom is 0.331 e. The first-order chi connectivity index (χ1) is 17.8. The van der Waals surface area contributed by atoms with Crippen molar-refractivity contribution in [1.82, 2.24) is 10.2 Å². The smallest absolute Gasteiger partial charge is 0.331 e. The van der Waals surface area contributed by atoms with E-state index >= 15 is 0 Å². The molecule has 1 aromatic rings. The third-order valence-electron chi connectivity index (χ3n) is 7.17. The molecule has 0 spiro atoms. The molecule has 2 aliphatic heterocycles. The topological polar surface area (TPSA) is 76.1 Å². The molecule has 1 aromatic carbocycles. The van der Waals surface area contributed by atoms with Gasteiger partial charge in [0.25, 0.3) is 0 Å². The van der Waals surface area contributed by atoms with Crippen LogP contribution in [0.2, 0.25) is 0 Å². The van der Waals surface area contributed by atoms with E-state index < -0.39 is 5.97 Å². The van der Waals surface area contributed by atoms with Crippen molar-refractivity contribution < 1.29 is 14.7 Å². The van der Waals surface area contributed by atoms with Crippen molar-refractivity contribution in [2.75, 3.05) is 49.6 Å². The van der Waals surface area contributed by atoms with Gasteiger partial charge in [-0.3, -0.25) is 4.79 Å². The van der Waals surface area contributed by atoms with Crippen LogP contribution in [0.15, 0.2) is 47.7 Å². The number of carbonyl (C=O) groups excluding carboxylic acids is 1. The normalized spacial score (nSPS) is 17.7. The van der Waals surface area contributed by atoms with Crippen LogP contribution in [0, 0.1) is 5.92 Å². The number of hydrogen-bond donors (Lipinski definition) is 2. The van der Waals surface area contributed by atoms with Crippen molar-refractivity contribution in [3.8, 4) is 0 Å². The number of amides is 1. The average molecular weight is 513 g/mol. The van der Waals surface area contributed by atoms with Gasteiger partial charge in [0.15, 0.2) is 0 Å². The predicted octanol–water partition coefficient (Wildman–Crippen LogP) is 5.29. The zero-order valence-corrected chi connectivity index (χ0v) is 23.6. The van der Waals surface area contributed by atoms with Crippen LogP contribution in [0.5, 0.6) is 0 Å². The minimum Gasteiger partial charge on any atom is -0.478 e. The van der Waals surface area contributed by atoms with E-state index in [9.17, 15) is 9.59 Å². The number of carboxylic acids is 1. The monoisotopic (exact) mass is 512 g/mol. The van der Waals surface area contributed by atoms with Gasteiger partial charge in [-0.25, -0.2) is 4.79 Å². The highest BCUT2D eigenvalue weighted by Gasteiger charge is 2.25. The maximum atomic E-state index is 11.0. The summed E-state index contributed by atoms with van der Waals surface area (Å²) in [5.74, 6) is -0.446. The summed E-state index contributed by atoms with van der Waals surface area (Å²) in [6.45, 7) is 13.5. The maximum absolute atomic E-state index is 11.0. The Labute approximate surface area is 224 Å². The molecular formula is C30H48N4O3. The van der Waals surface area contributed by atoms with E-state index in [2.05, 4.69) is 53.2 Å². The molecule has 3 rings (SSSR count). The van der Waals surface area contributed by atoms with Crippen molar-refractivity contribution in [2.24, 2.45) is 5.92 Å². The highest BCUT2D eigenvalue weighted by atomic mass is 16.4. The lowest BCUT2D eigenvalue weighted by Crippen LogP contribution is -2.46. The van der Waals surface area contributed by atoms with Crippen LogP contribution in [-0.4, -0.2) is 68.2 Å². The second kappa shape index (κ2) is 16.1. The van der Waals surface area contributed by atoms with E-state index in [0.29, 0.717) is 24.5 Å². The Kier molecular flexibility index (Phi) is 13.3. The summed E-state index contributed by atoms with van der Waals surface area (Å²) in [4.78, 5) is 28.7. The number of piperidine rings is 2. The van der Waals surface area contributed by atoms with Crippen LogP contribution < -0.4 is 15.1 Å². The van der Waals surface area contributed by atoms with Crippen molar-refractivity contribution in [3.63, 3.8) is 0 Å². The van der Waals surface area contributed by atoms with Crippen molar-refractivity contribution in [1.29, 1.82) is 0 Å². The fraction of sp³-hybridized carbons (Fsp3) is 0.600. The van der Waals surface area contributed by atoms with Crippen LogP contribution in [0.3, 0.4) is 0 Å². The summed E-state index contributed by atoms with van der Waals surface area (Å²) in [5.41, 5.74) is 3.55. The lowest BCUT2D eigenvalue weighted by atomic mass is 9.99. The summed E-state index contributed by atoms with van der Waals surface area (Å²) in [5, 5.41) is 11.8. The minimum atomic E-state index is -0.850. The van der Waals surface area contributed by atoms with Crippen LogP contribution >= 0.6 is 0 Å². The molecule has 1 amide bonds. The Morgan fingerprint density at radius 1 is 1.08 bits per heavy atom. The molecule has 0 radical (unpaired) electrons. The highest BCUT2D eigenvalue weighted by molar-refractivity contribution is 5.87. The Morgan fingerprint density at radius 2 is 1.70 bits per heavy atom. The molecule has 0 saturated carbocycles. The molecule has 2 fully saturated rings. The Morgan fingerprint density at radius 3 is 2.16 bits per heavy atom. The molecule has 2 saturated heterocycles. The van der Waals surface area contributed by atoms with Crippen molar-refractivity contribution >= 4 is 23.8 Å². The molecule has 0 aromatic heterocycles. The molecular weight excluding hydrogens is 464 g/mol. The molecule has 0 unspecified atom stereocenters. The van der Waals surface area contributed by atoms with Gasteiger partial charge in [-0.1, -0.05) is 33.3 Å². The average Bonchev–Trinajstić information content (AvgIpc) is 2.92. The first-order valence-corrected chi connectivity index (χ1v) is 14.0. The van der Waals surface area contributed by atoms with Gasteiger partial charge in [0.2, 0.25) is 6.41 Å². The summed E-state index contributed by atoms with van der Waals surface area (Å²) in [7, 11) is 1.79. The molecule has 37 heavy (non-hydrogen) atoms. The lowest BCUT2D eigenvalue weighted by Gasteiger charge is -2.41. The summed E-state index contributed by atoms with van der Waals surface area (Å²) >= 11 is 0. The fourth-order valence-electron chi connectivity index (χ4n) is 5.01.